The van der Waals surface area contributed by atoms with Crippen molar-refractivity contribution >= 4 is 17.6 Å². The van der Waals surface area contributed by atoms with Gasteiger partial charge in [0, 0.05) is 6.20 Å². The number of aromatic nitrogens is 1. The minimum atomic E-state index is -0.169. The molecule has 0 aliphatic heterocycles. The van der Waals surface area contributed by atoms with Crippen molar-refractivity contribution < 1.29 is 9.53 Å². The quantitative estimate of drug-likeness (QED) is 0.524. The smallest absolute Gasteiger partial charge is 0.309 e. The summed E-state index contributed by atoms with van der Waals surface area (Å²) in [5.74, 6) is -0.256. The highest BCUT2D eigenvalue weighted by molar-refractivity contribution is 6.30. The van der Waals surface area contributed by atoms with Gasteiger partial charge < -0.3 is 4.74 Å². The van der Waals surface area contributed by atoms with E-state index in [1.54, 1.807) is 6.20 Å². The van der Waals surface area contributed by atoms with E-state index in [2.05, 4.69) is 4.98 Å². The number of ether oxygens (including phenoxy) is 1. The SMILES string of the molecule is COC(=O)C1Cc2ccnc(Cl)c2C1. The highest BCUT2D eigenvalue weighted by atomic mass is 35.5. The van der Waals surface area contributed by atoms with Crippen LogP contribution in [0.4, 0.5) is 0 Å². The molecule has 1 unspecified atom stereocenters. The van der Waals surface area contributed by atoms with Crippen molar-refractivity contribution in [3.8, 4) is 0 Å². The summed E-state index contributed by atoms with van der Waals surface area (Å²) < 4.78 is 4.70. The first-order valence-electron chi connectivity index (χ1n) is 4.42. The Bertz CT molecular complexity index is 378. The molecule has 0 aromatic carbocycles. The van der Waals surface area contributed by atoms with Crippen LogP contribution in [-0.2, 0) is 22.4 Å². The molecule has 0 N–H and O–H groups in total. The molecule has 0 bridgehead atoms. The molecule has 3 nitrogen and oxygen atoms in total. The van der Waals surface area contributed by atoms with Crippen molar-refractivity contribution in [3.05, 3.63) is 28.5 Å². The summed E-state index contributed by atoms with van der Waals surface area (Å²) in [6, 6.07) is 1.91. The van der Waals surface area contributed by atoms with Crippen LogP contribution in [-0.4, -0.2) is 18.1 Å². The first-order chi connectivity index (χ1) is 6.72. The van der Waals surface area contributed by atoms with Gasteiger partial charge in [0.25, 0.3) is 0 Å². The fourth-order valence-corrected chi connectivity index (χ4v) is 2.08. The second-order valence-electron chi connectivity index (χ2n) is 3.37. The van der Waals surface area contributed by atoms with Crippen LogP contribution in [0.2, 0.25) is 5.15 Å². The van der Waals surface area contributed by atoms with Crippen molar-refractivity contribution in [2.24, 2.45) is 5.92 Å². The minimum absolute atomic E-state index is 0.0864. The van der Waals surface area contributed by atoms with Gasteiger partial charge in [0.05, 0.1) is 13.0 Å². The zero-order valence-electron chi connectivity index (χ0n) is 7.79. The van der Waals surface area contributed by atoms with E-state index in [4.69, 9.17) is 16.3 Å². The van der Waals surface area contributed by atoms with E-state index in [0.29, 0.717) is 18.0 Å². The maximum Gasteiger partial charge on any atom is 0.309 e. The van der Waals surface area contributed by atoms with Gasteiger partial charge in [0.1, 0.15) is 5.15 Å². The average molecular weight is 212 g/mol. The van der Waals surface area contributed by atoms with Crippen molar-refractivity contribution in [3.63, 3.8) is 0 Å². The summed E-state index contributed by atoms with van der Waals surface area (Å²) in [7, 11) is 1.41. The highest BCUT2D eigenvalue weighted by Crippen LogP contribution is 2.31. The summed E-state index contributed by atoms with van der Waals surface area (Å²) >= 11 is 5.92. The van der Waals surface area contributed by atoms with E-state index < -0.39 is 0 Å². The first kappa shape index (κ1) is 9.46. The van der Waals surface area contributed by atoms with Crippen molar-refractivity contribution in [2.75, 3.05) is 7.11 Å². The average Bonchev–Trinajstić information content (AvgIpc) is 2.62. The molecule has 0 spiro atoms. The predicted octanol–water partition coefficient (Wildman–Crippen LogP) is 1.62. The van der Waals surface area contributed by atoms with Crippen LogP contribution in [0.25, 0.3) is 0 Å². The molecular weight excluding hydrogens is 202 g/mol. The summed E-state index contributed by atoms with van der Waals surface area (Å²) in [6.45, 7) is 0. The Morgan fingerprint density at radius 1 is 1.64 bits per heavy atom. The number of rotatable bonds is 1. The lowest BCUT2D eigenvalue weighted by Crippen LogP contribution is -2.15. The number of methoxy groups -OCH3 is 1. The maximum atomic E-state index is 11.3. The standard InChI is InChI=1S/C10H10ClNO2/c1-14-10(13)7-4-6-2-3-12-9(11)8(6)5-7/h2-3,7H,4-5H2,1H3. The van der Waals surface area contributed by atoms with Crippen LogP contribution in [0.1, 0.15) is 11.1 Å². The molecule has 0 saturated carbocycles. The Morgan fingerprint density at radius 2 is 2.43 bits per heavy atom. The lowest BCUT2D eigenvalue weighted by Gasteiger charge is -2.04. The molecule has 0 saturated heterocycles. The van der Waals surface area contributed by atoms with Gasteiger partial charge in [-0.25, -0.2) is 4.98 Å². The molecule has 1 aromatic rings. The molecule has 1 heterocycles. The second-order valence-corrected chi connectivity index (χ2v) is 3.73. The molecule has 0 fully saturated rings. The van der Waals surface area contributed by atoms with Crippen LogP contribution in [0.15, 0.2) is 12.3 Å². The Labute approximate surface area is 87.0 Å². The van der Waals surface area contributed by atoms with E-state index in [9.17, 15) is 4.79 Å². The molecule has 1 atom stereocenters. The number of fused-ring (bicyclic) bond motifs is 1. The van der Waals surface area contributed by atoms with E-state index in [1.165, 1.54) is 7.11 Å². The Hall–Kier alpha value is -1.09. The zero-order chi connectivity index (χ0) is 10.1. The molecule has 1 aliphatic carbocycles. The number of halogens is 1. The van der Waals surface area contributed by atoms with Crippen LogP contribution in [0, 0.1) is 5.92 Å². The molecular formula is C10H10ClNO2. The molecule has 4 heteroatoms. The largest absolute Gasteiger partial charge is 0.469 e. The summed E-state index contributed by atoms with van der Waals surface area (Å²) in [4.78, 5) is 15.3. The number of carbonyl (C=O) groups excluding carboxylic acids is 1. The molecule has 0 radical (unpaired) electrons. The molecule has 0 amide bonds. The van der Waals surface area contributed by atoms with Gasteiger partial charge in [-0.05, 0) is 30.0 Å². The van der Waals surface area contributed by atoms with Gasteiger partial charge in [-0.2, -0.15) is 0 Å². The summed E-state index contributed by atoms with van der Waals surface area (Å²) in [6.07, 6.45) is 3.03. The normalized spacial score (nSPS) is 19.1. The van der Waals surface area contributed by atoms with Gasteiger partial charge in [0.2, 0.25) is 0 Å². The number of hydrogen-bond donors (Lipinski definition) is 0. The predicted molar refractivity (Wildman–Crippen MR) is 52.2 cm³/mol. The lowest BCUT2D eigenvalue weighted by molar-refractivity contribution is -0.145. The van der Waals surface area contributed by atoms with Crippen LogP contribution >= 0.6 is 11.6 Å². The van der Waals surface area contributed by atoms with Crippen molar-refractivity contribution in [2.45, 2.75) is 12.8 Å². The lowest BCUT2D eigenvalue weighted by atomic mass is 10.1. The highest BCUT2D eigenvalue weighted by Gasteiger charge is 2.29. The molecule has 74 valence electrons. The molecule has 14 heavy (non-hydrogen) atoms. The summed E-state index contributed by atoms with van der Waals surface area (Å²) in [5, 5.41) is 0.508. The third-order valence-electron chi connectivity index (χ3n) is 2.55. The number of esters is 1. The number of pyridine rings is 1. The van der Waals surface area contributed by atoms with E-state index in [0.717, 1.165) is 11.1 Å². The van der Waals surface area contributed by atoms with Gasteiger partial charge >= 0.3 is 5.97 Å². The Kier molecular flexibility index (Phi) is 2.42. The Morgan fingerprint density at radius 3 is 3.07 bits per heavy atom. The Balaban J connectivity index is 2.26. The third-order valence-corrected chi connectivity index (χ3v) is 2.88. The number of carbonyl (C=O) groups is 1. The van der Waals surface area contributed by atoms with E-state index in [1.807, 2.05) is 6.07 Å². The van der Waals surface area contributed by atoms with E-state index >= 15 is 0 Å². The molecule has 1 aliphatic rings. The van der Waals surface area contributed by atoms with Gasteiger partial charge in [-0.15, -0.1) is 0 Å². The van der Waals surface area contributed by atoms with Crippen LogP contribution in [0.3, 0.4) is 0 Å². The number of hydrogen-bond acceptors (Lipinski definition) is 3. The van der Waals surface area contributed by atoms with Crippen LogP contribution in [0.5, 0.6) is 0 Å². The fourth-order valence-electron chi connectivity index (χ4n) is 1.83. The second kappa shape index (κ2) is 3.58. The summed E-state index contributed by atoms with van der Waals surface area (Å²) in [5.41, 5.74) is 2.10. The molecule has 2 rings (SSSR count). The van der Waals surface area contributed by atoms with Gasteiger partial charge in [0.15, 0.2) is 0 Å². The van der Waals surface area contributed by atoms with Crippen molar-refractivity contribution in [1.29, 1.82) is 0 Å². The maximum absolute atomic E-state index is 11.3. The van der Waals surface area contributed by atoms with Crippen molar-refractivity contribution in [1.82, 2.24) is 4.98 Å². The number of nitrogens with zero attached hydrogens (tertiary/aromatic N) is 1. The van der Waals surface area contributed by atoms with E-state index in [-0.39, 0.29) is 11.9 Å². The minimum Gasteiger partial charge on any atom is -0.469 e. The zero-order valence-corrected chi connectivity index (χ0v) is 8.54. The fraction of sp³-hybridized carbons (Fsp3) is 0.400. The monoisotopic (exact) mass is 211 g/mol. The van der Waals surface area contributed by atoms with Gasteiger partial charge in [-0.1, -0.05) is 11.6 Å². The third kappa shape index (κ3) is 1.48. The topological polar surface area (TPSA) is 39.2 Å². The van der Waals surface area contributed by atoms with Crippen LogP contribution < -0.4 is 0 Å². The van der Waals surface area contributed by atoms with Gasteiger partial charge in [-0.3, -0.25) is 4.79 Å². The first-order valence-corrected chi connectivity index (χ1v) is 4.80. The molecule has 1 aromatic heterocycles.